The van der Waals surface area contributed by atoms with E-state index >= 15 is 0 Å². The van der Waals surface area contributed by atoms with E-state index in [0.29, 0.717) is 5.92 Å². The smallest absolute Gasteiger partial charge is 0.0832 e. The molecular formula is C16H27NO. The number of hydrogen-bond acceptors (Lipinski definition) is 1. The molecule has 1 aromatic rings. The van der Waals surface area contributed by atoms with E-state index in [4.69, 9.17) is 0 Å². The van der Waals surface area contributed by atoms with Gasteiger partial charge in [-0.1, -0.05) is 33.1 Å². The van der Waals surface area contributed by atoms with E-state index in [1.807, 2.05) is 0 Å². The summed E-state index contributed by atoms with van der Waals surface area (Å²) in [6, 6.07) is 2.09. The fourth-order valence-electron chi connectivity index (χ4n) is 2.65. The van der Waals surface area contributed by atoms with Gasteiger partial charge in [-0.05, 0) is 42.7 Å². The first-order valence-electron chi connectivity index (χ1n) is 7.58. The Balaban J connectivity index is 1.88. The lowest BCUT2D eigenvalue weighted by Crippen LogP contribution is -2.08. The van der Waals surface area contributed by atoms with Gasteiger partial charge in [0.25, 0.3) is 0 Å². The summed E-state index contributed by atoms with van der Waals surface area (Å²) in [6.07, 6.45) is 11.6. The van der Waals surface area contributed by atoms with Gasteiger partial charge in [0.1, 0.15) is 0 Å². The fourth-order valence-corrected chi connectivity index (χ4v) is 2.65. The van der Waals surface area contributed by atoms with Crippen LogP contribution in [0.15, 0.2) is 18.5 Å². The quantitative estimate of drug-likeness (QED) is 0.735. The molecule has 18 heavy (non-hydrogen) atoms. The van der Waals surface area contributed by atoms with Gasteiger partial charge in [0.2, 0.25) is 0 Å². The van der Waals surface area contributed by atoms with Crippen LogP contribution < -0.4 is 0 Å². The molecule has 1 N–H and O–H groups in total. The summed E-state index contributed by atoms with van der Waals surface area (Å²) < 4.78 is 2.27. The summed E-state index contributed by atoms with van der Waals surface area (Å²) >= 11 is 0. The standard InChI is InChI=1S/C16H27NO/c1-3-5-6-13(4-2)11-17-10-9-15(12-17)16(18)14-7-8-14/h9-10,12-14,16,18H,3-8,11H2,1-2H3. The van der Waals surface area contributed by atoms with Crippen molar-refractivity contribution in [1.29, 1.82) is 0 Å². The van der Waals surface area contributed by atoms with Crippen molar-refractivity contribution in [3.05, 3.63) is 24.0 Å². The molecule has 2 nitrogen and oxygen atoms in total. The highest BCUT2D eigenvalue weighted by Gasteiger charge is 2.31. The Kier molecular flexibility index (Phi) is 4.87. The summed E-state index contributed by atoms with van der Waals surface area (Å²) in [4.78, 5) is 0. The minimum absolute atomic E-state index is 0.220. The molecule has 0 aliphatic heterocycles. The molecule has 2 heteroatoms. The van der Waals surface area contributed by atoms with Crippen molar-refractivity contribution in [2.45, 2.75) is 65.0 Å². The van der Waals surface area contributed by atoms with Crippen LogP contribution in [-0.4, -0.2) is 9.67 Å². The molecule has 102 valence electrons. The average Bonchev–Trinajstić information content (AvgIpc) is 3.13. The summed E-state index contributed by atoms with van der Waals surface area (Å²) in [6.45, 7) is 5.64. The van der Waals surface area contributed by atoms with E-state index in [-0.39, 0.29) is 6.10 Å². The molecule has 2 rings (SSSR count). The number of aromatic nitrogens is 1. The number of rotatable bonds is 8. The normalized spacial score (nSPS) is 18.8. The molecule has 1 saturated carbocycles. The number of aliphatic hydroxyl groups is 1. The molecule has 0 radical (unpaired) electrons. The molecule has 0 saturated heterocycles. The van der Waals surface area contributed by atoms with E-state index in [2.05, 4.69) is 36.9 Å². The van der Waals surface area contributed by atoms with Crippen LogP contribution in [0.4, 0.5) is 0 Å². The third kappa shape index (κ3) is 3.61. The predicted octanol–water partition coefficient (Wildman–Crippen LogP) is 4.15. The molecule has 1 aliphatic carbocycles. The van der Waals surface area contributed by atoms with Gasteiger partial charge >= 0.3 is 0 Å². The van der Waals surface area contributed by atoms with Crippen LogP contribution in [0.25, 0.3) is 0 Å². The lowest BCUT2D eigenvalue weighted by molar-refractivity contribution is 0.153. The van der Waals surface area contributed by atoms with Crippen molar-refractivity contribution in [2.75, 3.05) is 0 Å². The van der Waals surface area contributed by atoms with Crippen molar-refractivity contribution < 1.29 is 5.11 Å². The van der Waals surface area contributed by atoms with Crippen LogP contribution in [0.1, 0.15) is 64.0 Å². The molecule has 0 spiro atoms. The average molecular weight is 249 g/mol. The Hall–Kier alpha value is -0.760. The topological polar surface area (TPSA) is 25.2 Å². The first-order chi connectivity index (χ1) is 8.74. The minimum atomic E-state index is -0.220. The molecular weight excluding hydrogens is 222 g/mol. The van der Waals surface area contributed by atoms with E-state index in [1.165, 1.54) is 38.5 Å². The zero-order chi connectivity index (χ0) is 13.0. The highest BCUT2D eigenvalue weighted by molar-refractivity contribution is 5.16. The Bertz CT molecular complexity index is 354. The van der Waals surface area contributed by atoms with E-state index in [0.717, 1.165) is 18.0 Å². The van der Waals surface area contributed by atoms with E-state index in [9.17, 15) is 5.11 Å². The highest BCUT2D eigenvalue weighted by atomic mass is 16.3. The Morgan fingerprint density at radius 1 is 1.39 bits per heavy atom. The number of unbranched alkanes of at least 4 members (excludes halogenated alkanes) is 1. The second-order valence-corrected chi connectivity index (χ2v) is 5.84. The van der Waals surface area contributed by atoms with E-state index in [1.54, 1.807) is 0 Å². The third-order valence-electron chi connectivity index (χ3n) is 4.20. The van der Waals surface area contributed by atoms with Gasteiger partial charge in [0, 0.05) is 18.9 Å². The largest absolute Gasteiger partial charge is 0.388 e. The Morgan fingerprint density at radius 3 is 2.78 bits per heavy atom. The van der Waals surface area contributed by atoms with Crippen LogP contribution >= 0.6 is 0 Å². The van der Waals surface area contributed by atoms with Gasteiger partial charge in [-0.3, -0.25) is 0 Å². The number of nitrogens with zero attached hydrogens (tertiary/aromatic N) is 1. The van der Waals surface area contributed by atoms with Crippen LogP contribution in [0.3, 0.4) is 0 Å². The minimum Gasteiger partial charge on any atom is -0.388 e. The Morgan fingerprint density at radius 2 is 2.17 bits per heavy atom. The summed E-state index contributed by atoms with van der Waals surface area (Å²) in [5.74, 6) is 1.31. The summed E-state index contributed by atoms with van der Waals surface area (Å²) in [7, 11) is 0. The van der Waals surface area contributed by atoms with Crippen molar-refractivity contribution in [3.8, 4) is 0 Å². The molecule has 1 aliphatic rings. The van der Waals surface area contributed by atoms with Crippen LogP contribution in [-0.2, 0) is 6.54 Å². The second-order valence-electron chi connectivity index (χ2n) is 5.84. The van der Waals surface area contributed by atoms with Crippen molar-refractivity contribution in [3.63, 3.8) is 0 Å². The van der Waals surface area contributed by atoms with Crippen molar-refractivity contribution in [2.24, 2.45) is 11.8 Å². The van der Waals surface area contributed by atoms with Gasteiger partial charge in [0.05, 0.1) is 6.10 Å². The van der Waals surface area contributed by atoms with Gasteiger partial charge in [-0.15, -0.1) is 0 Å². The molecule has 0 bridgehead atoms. The molecule has 1 fully saturated rings. The van der Waals surface area contributed by atoms with Crippen LogP contribution in [0.2, 0.25) is 0 Å². The molecule has 2 atom stereocenters. The number of aliphatic hydroxyl groups excluding tert-OH is 1. The Labute approximate surface area is 111 Å². The molecule has 0 amide bonds. The van der Waals surface area contributed by atoms with Crippen LogP contribution in [0.5, 0.6) is 0 Å². The fraction of sp³-hybridized carbons (Fsp3) is 0.750. The summed E-state index contributed by atoms with van der Waals surface area (Å²) in [5.41, 5.74) is 1.11. The van der Waals surface area contributed by atoms with E-state index < -0.39 is 0 Å². The van der Waals surface area contributed by atoms with Gasteiger partial charge < -0.3 is 9.67 Å². The SMILES string of the molecule is CCCCC(CC)Cn1ccc(C(O)C2CC2)c1. The lowest BCUT2D eigenvalue weighted by atomic mass is 9.99. The second kappa shape index (κ2) is 6.42. The molecule has 2 unspecified atom stereocenters. The third-order valence-corrected chi connectivity index (χ3v) is 4.20. The van der Waals surface area contributed by atoms with Crippen molar-refractivity contribution in [1.82, 2.24) is 4.57 Å². The monoisotopic (exact) mass is 249 g/mol. The van der Waals surface area contributed by atoms with Gasteiger partial charge in [0.15, 0.2) is 0 Å². The summed E-state index contributed by atoms with van der Waals surface area (Å²) in [5, 5.41) is 10.1. The molecule has 0 aromatic carbocycles. The van der Waals surface area contributed by atoms with Crippen molar-refractivity contribution >= 4 is 0 Å². The highest BCUT2D eigenvalue weighted by Crippen LogP contribution is 2.40. The predicted molar refractivity (Wildman–Crippen MR) is 75.4 cm³/mol. The maximum Gasteiger partial charge on any atom is 0.0832 e. The lowest BCUT2D eigenvalue weighted by Gasteiger charge is -2.15. The zero-order valence-electron chi connectivity index (χ0n) is 11.8. The molecule has 1 aromatic heterocycles. The maximum atomic E-state index is 10.1. The first kappa shape index (κ1) is 13.7. The molecule has 1 heterocycles. The maximum absolute atomic E-state index is 10.1. The first-order valence-corrected chi connectivity index (χ1v) is 7.58. The van der Waals surface area contributed by atoms with Gasteiger partial charge in [-0.2, -0.15) is 0 Å². The number of hydrogen-bond donors (Lipinski definition) is 1. The zero-order valence-corrected chi connectivity index (χ0v) is 11.8. The van der Waals surface area contributed by atoms with Gasteiger partial charge in [-0.25, -0.2) is 0 Å². The van der Waals surface area contributed by atoms with Crippen LogP contribution in [0, 0.1) is 11.8 Å².